The van der Waals surface area contributed by atoms with Crippen molar-refractivity contribution in [3.05, 3.63) is 39.6 Å². The SMILES string of the molecule is CCCNc1cc(Nc2c(C)cc(Br)cc2C)nc(C)n1. The molecule has 2 rings (SSSR count). The first-order valence-electron chi connectivity index (χ1n) is 7.13. The molecule has 0 bridgehead atoms. The number of nitrogens with zero attached hydrogens (tertiary/aromatic N) is 2. The summed E-state index contributed by atoms with van der Waals surface area (Å²) >= 11 is 3.52. The summed E-state index contributed by atoms with van der Waals surface area (Å²) in [5.41, 5.74) is 3.46. The van der Waals surface area contributed by atoms with Gasteiger partial charge < -0.3 is 10.6 Å². The molecule has 0 saturated carbocycles. The van der Waals surface area contributed by atoms with Crippen LogP contribution in [0, 0.1) is 20.8 Å². The first-order valence-corrected chi connectivity index (χ1v) is 7.92. The van der Waals surface area contributed by atoms with E-state index in [1.807, 2.05) is 13.0 Å². The number of rotatable bonds is 5. The predicted octanol–water partition coefficient (Wildman–Crippen LogP) is 4.73. The smallest absolute Gasteiger partial charge is 0.136 e. The third-order valence-corrected chi connectivity index (χ3v) is 3.60. The molecule has 0 unspecified atom stereocenters. The van der Waals surface area contributed by atoms with Crippen molar-refractivity contribution in [2.75, 3.05) is 17.2 Å². The molecular formula is C16H21BrN4. The lowest BCUT2D eigenvalue weighted by Gasteiger charge is -2.14. The summed E-state index contributed by atoms with van der Waals surface area (Å²) in [4.78, 5) is 8.87. The third-order valence-electron chi connectivity index (χ3n) is 3.14. The van der Waals surface area contributed by atoms with E-state index in [1.54, 1.807) is 0 Å². The Morgan fingerprint density at radius 1 is 1.00 bits per heavy atom. The number of nitrogens with one attached hydrogen (secondary N) is 2. The van der Waals surface area contributed by atoms with Crippen LogP contribution in [0.25, 0.3) is 0 Å². The van der Waals surface area contributed by atoms with Gasteiger partial charge >= 0.3 is 0 Å². The van der Waals surface area contributed by atoms with Crippen molar-refractivity contribution in [1.82, 2.24) is 9.97 Å². The molecule has 0 amide bonds. The van der Waals surface area contributed by atoms with E-state index in [0.717, 1.165) is 40.6 Å². The van der Waals surface area contributed by atoms with Crippen LogP contribution in [0.5, 0.6) is 0 Å². The van der Waals surface area contributed by atoms with Crippen LogP contribution >= 0.6 is 15.9 Å². The van der Waals surface area contributed by atoms with E-state index in [4.69, 9.17) is 0 Å². The standard InChI is InChI=1S/C16H21BrN4/c1-5-6-18-14-9-15(20-12(4)19-14)21-16-10(2)7-13(17)8-11(16)3/h7-9H,5-6H2,1-4H3,(H2,18,19,20,21). The average molecular weight is 349 g/mol. The maximum Gasteiger partial charge on any atom is 0.136 e. The summed E-state index contributed by atoms with van der Waals surface area (Å²) in [6.07, 6.45) is 1.07. The minimum absolute atomic E-state index is 0.756. The lowest BCUT2D eigenvalue weighted by atomic mass is 10.1. The van der Waals surface area contributed by atoms with E-state index in [1.165, 1.54) is 11.1 Å². The number of anilines is 3. The van der Waals surface area contributed by atoms with Gasteiger partial charge in [0.15, 0.2) is 0 Å². The summed E-state index contributed by atoms with van der Waals surface area (Å²) in [6.45, 7) is 9.12. The normalized spacial score (nSPS) is 10.5. The van der Waals surface area contributed by atoms with Gasteiger partial charge in [0, 0.05) is 22.8 Å². The fraction of sp³-hybridized carbons (Fsp3) is 0.375. The van der Waals surface area contributed by atoms with Crippen LogP contribution in [0.4, 0.5) is 17.3 Å². The molecule has 0 spiro atoms. The van der Waals surface area contributed by atoms with Crippen LogP contribution in [0.2, 0.25) is 0 Å². The quantitative estimate of drug-likeness (QED) is 0.819. The van der Waals surface area contributed by atoms with Gasteiger partial charge in [-0.15, -0.1) is 0 Å². The number of benzene rings is 1. The Hall–Kier alpha value is -1.62. The number of hydrogen-bond donors (Lipinski definition) is 2. The molecule has 0 fully saturated rings. The Kier molecular flexibility index (Phi) is 5.17. The van der Waals surface area contributed by atoms with Gasteiger partial charge in [-0.25, -0.2) is 9.97 Å². The Balaban J connectivity index is 2.29. The van der Waals surface area contributed by atoms with Gasteiger partial charge in [0.2, 0.25) is 0 Å². The molecule has 0 atom stereocenters. The van der Waals surface area contributed by atoms with Gasteiger partial charge in [0.25, 0.3) is 0 Å². The number of hydrogen-bond acceptors (Lipinski definition) is 4. The molecular weight excluding hydrogens is 328 g/mol. The molecule has 2 aromatic rings. The number of aromatic nitrogens is 2. The van der Waals surface area contributed by atoms with Crippen LogP contribution in [-0.2, 0) is 0 Å². The molecule has 1 aromatic carbocycles. The molecule has 112 valence electrons. The average Bonchev–Trinajstić information content (AvgIpc) is 2.40. The van der Waals surface area contributed by atoms with Gasteiger partial charge in [0.05, 0.1) is 0 Å². The highest BCUT2D eigenvalue weighted by Crippen LogP contribution is 2.28. The Morgan fingerprint density at radius 3 is 2.24 bits per heavy atom. The van der Waals surface area contributed by atoms with E-state index < -0.39 is 0 Å². The topological polar surface area (TPSA) is 49.8 Å². The van der Waals surface area contributed by atoms with Crippen LogP contribution in [0.1, 0.15) is 30.3 Å². The van der Waals surface area contributed by atoms with Gasteiger partial charge in [-0.05, 0) is 50.5 Å². The molecule has 0 aliphatic rings. The Morgan fingerprint density at radius 2 is 1.62 bits per heavy atom. The zero-order chi connectivity index (χ0) is 15.4. The summed E-state index contributed by atoms with van der Waals surface area (Å²) < 4.78 is 1.09. The van der Waals surface area contributed by atoms with Crippen molar-refractivity contribution in [3.63, 3.8) is 0 Å². The van der Waals surface area contributed by atoms with E-state index in [9.17, 15) is 0 Å². The molecule has 4 nitrogen and oxygen atoms in total. The minimum atomic E-state index is 0.756. The van der Waals surface area contributed by atoms with E-state index in [2.05, 4.69) is 69.4 Å². The second kappa shape index (κ2) is 6.89. The van der Waals surface area contributed by atoms with Gasteiger partial charge in [-0.1, -0.05) is 22.9 Å². The number of halogens is 1. The van der Waals surface area contributed by atoms with Crippen molar-refractivity contribution in [2.24, 2.45) is 0 Å². The molecule has 2 N–H and O–H groups in total. The second-order valence-electron chi connectivity index (χ2n) is 5.15. The fourth-order valence-electron chi connectivity index (χ4n) is 2.21. The lowest BCUT2D eigenvalue weighted by molar-refractivity contribution is 0.955. The molecule has 0 saturated heterocycles. The lowest BCUT2D eigenvalue weighted by Crippen LogP contribution is -2.06. The zero-order valence-corrected chi connectivity index (χ0v) is 14.5. The molecule has 5 heteroatoms. The highest BCUT2D eigenvalue weighted by atomic mass is 79.9. The molecule has 0 aliphatic heterocycles. The van der Waals surface area contributed by atoms with Crippen molar-refractivity contribution in [2.45, 2.75) is 34.1 Å². The van der Waals surface area contributed by atoms with Gasteiger partial charge in [0.1, 0.15) is 17.5 Å². The molecule has 0 radical (unpaired) electrons. The largest absolute Gasteiger partial charge is 0.370 e. The van der Waals surface area contributed by atoms with E-state index in [0.29, 0.717) is 0 Å². The molecule has 1 aromatic heterocycles. The summed E-state index contributed by atoms with van der Waals surface area (Å²) in [5, 5.41) is 6.71. The summed E-state index contributed by atoms with van der Waals surface area (Å²) in [5.74, 6) is 2.43. The highest BCUT2D eigenvalue weighted by molar-refractivity contribution is 9.10. The predicted molar refractivity (Wildman–Crippen MR) is 92.4 cm³/mol. The van der Waals surface area contributed by atoms with Gasteiger partial charge in [-0.3, -0.25) is 0 Å². The van der Waals surface area contributed by atoms with Crippen molar-refractivity contribution in [3.8, 4) is 0 Å². The van der Waals surface area contributed by atoms with Crippen molar-refractivity contribution in [1.29, 1.82) is 0 Å². The molecule has 0 aliphatic carbocycles. The van der Waals surface area contributed by atoms with Crippen molar-refractivity contribution < 1.29 is 0 Å². The van der Waals surface area contributed by atoms with Crippen LogP contribution in [-0.4, -0.2) is 16.5 Å². The number of aryl methyl sites for hydroxylation is 3. The summed E-state index contributed by atoms with van der Waals surface area (Å²) in [6, 6.07) is 6.14. The fourth-order valence-corrected chi connectivity index (χ4v) is 2.90. The van der Waals surface area contributed by atoms with E-state index in [-0.39, 0.29) is 0 Å². The van der Waals surface area contributed by atoms with Crippen LogP contribution in [0.3, 0.4) is 0 Å². The molecule has 21 heavy (non-hydrogen) atoms. The van der Waals surface area contributed by atoms with Crippen LogP contribution < -0.4 is 10.6 Å². The monoisotopic (exact) mass is 348 g/mol. The van der Waals surface area contributed by atoms with E-state index >= 15 is 0 Å². The Bertz CT molecular complexity index is 617. The first kappa shape index (κ1) is 15.8. The molecule has 1 heterocycles. The second-order valence-corrected chi connectivity index (χ2v) is 6.07. The Labute approximate surface area is 134 Å². The first-order chi connectivity index (χ1) is 9.99. The highest BCUT2D eigenvalue weighted by Gasteiger charge is 2.07. The van der Waals surface area contributed by atoms with Crippen LogP contribution in [0.15, 0.2) is 22.7 Å². The van der Waals surface area contributed by atoms with Gasteiger partial charge in [-0.2, -0.15) is 0 Å². The third kappa shape index (κ3) is 4.17. The maximum atomic E-state index is 4.47. The maximum absolute atomic E-state index is 4.47. The van der Waals surface area contributed by atoms with Crippen molar-refractivity contribution >= 4 is 33.3 Å². The zero-order valence-electron chi connectivity index (χ0n) is 12.9. The minimum Gasteiger partial charge on any atom is -0.370 e. The summed E-state index contributed by atoms with van der Waals surface area (Å²) in [7, 11) is 0.